The van der Waals surface area contributed by atoms with Gasteiger partial charge in [0.25, 0.3) is 5.91 Å². The number of H-pyrrole nitrogens is 1. The lowest BCUT2D eigenvalue weighted by molar-refractivity contribution is 0.0996. The molecule has 3 N–H and O–H groups in total. The fourth-order valence-electron chi connectivity index (χ4n) is 1.32. The van der Waals surface area contributed by atoms with Crippen molar-refractivity contribution in [3.05, 3.63) is 33.7 Å². The maximum absolute atomic E-state index is 13.3. The number of carbonyl (C=O) groups excluding carboxylic acids is 1. The maximum atomic E-state index is 13.3. The quantitative estimate of drug-likeness (QED) is 0.822. The number of carbonyl (C=O) groups is 1. The Bertz CT molecular complexity index is 599. The Hall–Kier alpha value is -1.66. The highest BCUT2D eigenvalue weighted by atomic mass is 35.5. The number of hydrogen-bond donors (Lipinski definition) is 2. The monoisotopic (exact) mass is 274 g/mol. The molecule has 0 aliphatic rings. The van der Waals surface area contributed by atoms with Crippen LogP contribution in [0.1, 0.15) is 10.5 Å². The summed E-state index contributed by atoms with van der Waals surface area (Å²) in [5, 5.41) is 9.37. The molecule has 0 unspecified atom stereocenters. The first kappa shape index (κ1) is 11.8. The van der Waals surface area contributed by atoms with E-state index in [-0.39, 0.29) is 27.0 Å². The Balaban J connectivity index is 2.72. The van der Waals surface area contributed by atoms with Gasteiger partial charge in [-0.25, -0.2) is 4.39 Å². The lowest BCUT2D eigenvalue weighted by Gasteiger charge is -2.05. The Labute approximate surface area is 105 Å². The lowest BCUT2D eigenvalue weighted by Crippen LogP contribution is -2.13. The van der Waals surface area contributed by atoms with Crippen molar-refractivity contribution in [2.45, 2.75) is 0 Å². The molecule has 0 saturated carbocycles. The van der Waals surface area contributed by atoms with Gasteiger partial charge >= 0.3 is 0 Å². The van der Waals surface area contributed by atoms with Gasteiger partial charge in [-0.15, -0.1) is 0 Å². The van der Waals surface area contributed by atoms with Crippen molar-refractivity contribution in [1.82, 2.24) is 15.4 Å². The molecular weight excluding hydrogens is 270 g/mol. The molecule has 0 aliphatic carbocycles. The van der Waals surface area contributed by atoms with E-state index in [0.29, 0.717) is 0 Å². The predicted octanol–water partition coefficient (Wildman–Crippen LogP) is 2.02. The van der Waals surface area contributed by atoms with Gasteiger partial charge in [0.15, 0.2) is 5.69 Å². The average molecular weight is 275 g/mol. The Morgan fingerprint density at radius 1 is 1.35 bits per heavy atom. The summed E-state index contributed by atoms with van der Waals surface area (Å²) in [6.07, 6.45) is 0. The van der Waals surface area contributed by atoms with Gasteiger partial charge in [-0.3, -0.25) is 4.79 Å². The molecule has 1 aromatic heterocycles. The second-order valence-corrected chi connectivity index (χ2v) is 3.89. The number of amides is 1. The molecule has 17 heavy (non-hydrogen) atoms. The molecule has 0 aliphatic heterocycles. The maximum Gasteiger partial charge on any atom is 0.271 e. The molecule has 1 heterocycles. The van der Waals surface area contributed by atoms with Crippen LogP contribution in [-0.4, -0.2) is 21.3 Å². The fourth-order valence-corrected chi connectivity index (χ4v) is 1.87. The van der Waals surface area contributed by atoms with E-state index in [0.717, 1.165) is 6.07 Å². The van der Waals surface area contributed by atoms with Gasteiger partial charge in [0, 0.05) is 5.56 Å². The lowest BCUT2D eigenvalue weighted by atomic mass is 10.1. The summed E-state index contributed by atoms with van der Waals surface area (Å²) < 4.78 is 13.3. The molecule has 0 radical (unpaired) electrons. The number of nitrogens with two attached hydrogens (primary N) is 1. The SMILES string of the molecule is NC(=O)c1n[nH]nc1-c1c(Cl)ccc(F)c1Cl. The highest BCUT2D eigenvalue weighted by molar-refractivity contribution is 6.39. The van der Waals surface area contributed by atoms with E-state index in [1.807, 2.05) is 0 Å². The van der Waals surface area contributed by atoms with Gasteiger partial charge in [-0.1, -0.05) is 23.2 Å². The van der Waals surface area contributed by atoms with Crippen molar-refractivity contribution in [2.24, 2.45) is 5.73 Å². The third-order valence-electron chi connectivity index (χ3n) is 2.06. The molecule has 0 saturated heterocycles. The molecule has 0 fully saturated rings. The summed E-state index contributed by atoms with van der Waals surface area (Å²) in [6, 6.07) is 2.41. The first-order chi connectivity index (χ1) is 8.02. The number of halogens is 3. The van der Waals surface area contributed by atoms with E-state index in [1.165, 1.54) is 6.07 Å². The van der Waals surface area contributed by atoms with E-state index >= 15 is 0 Å². The Morgan fingerprint density at radius 3 is 2.71 bits per heavy atom. The summed E-state index contributed by atoms with van der Waals surface area (Å²) in [5.74, 6) is -1.49. The van der Waals surface area contributed by atoms with Crippen molar-refractivity contribution >= 4 is 29.1 Å². The minimum atomic E-state index is -0.815. The predicted molar refractivity (Wildman–Crippen MR) is 60.3 cm³/mol. The molecule has 0 spiro atoms. The number of benzene rings is 1. The van der Waals surface area contributed by atoms with Crippen molar-refractivity contribution in [3.63, 3.8) is 0 Å². The number of nitrogens with zero attached hydrogens (tertiary/aromatic N) is 2. The summed E-state index contributed by atoms with van der Waals surface area (Å²) in [7, 11) is 0. The van der Waals surface area contributed by atoms with E-state index in [1.54, 1.807) is 0 Å². The molecule has 1 amide bonds. The van der Waals surface area contributed by atoms with Gasteiger partial charge in [0.1, 0.15) is 11.5 Å². The van der Waals surface area contributed by atoms with Gasteiger partial charge in [0.05, 0.1) is 10.0 Å². The second-order valence-electron chi connectivity index (χ2n) is 3.10. The molecule has 5 nitrogen and oxygen atoms in total. The van der Waals surface area contributed by atoms with Gasteiger partial charge < -0.3 is 5.73 Å². The largest absolute Gasteiger partial charge is 0.364 e. The highest BCUT2D eigenvalue weighted by Gasteiger charge is 2.21. The fraction of sp³-hybridized carbons (Fsp3) is 0. The van der Waals surface area contributed by atoms with Crippen LogP contribution in [0.3, 0.4) is 0 Å². The minimum absolute atomic E-state index is 0.0204. The summed E-state index contributed by atoms with van der Waals surface area (Å²) >= 11 is 11.7. The summed E-state index contributed by atoms with van der Waals surface area (Å²) in [4.78, 5) is 11.1. The van der Waals surface area contributed by atoms with E-state index in [9.17, 15) is 9.18 Å². The van der Waals surface area contributed by atoms with Crippen LogP contribution in [0.2, 0.25) is 10.0 Å². The third-order valence-corrected chi connectivity index (χ3v) is 2.75. The van der Waals surface area contributed by atoms with Crippen LogP contribution in [0.4, 0.5) is 4.39 Å². The number of primary amides is 1. The van der Waals surface area contributed by atoms with Gasteiger partial charge in [-0.2, -0.15) is 15.4 Å². The van der Waals surface area contributed by atoms with Crippen LogP contribution in [0, 0.1) is 5.82 Å². The number of aromatic nitrogens is 3. The highest BCUT2D eigenvalue weighted by Crippen LogP contribution is 2.36. The van der Waals surface area contributed by atoms with Crippen LogP contribution >= 0.6 is 23.2 Å². The van der Waals surface area contributed by atoms with Crippen LogP contribution in [0.25, 0.3) is 11.3 Å². The smallest absolute Gasteiger partial charge is 0.271 e. The molecule has 2 aromatic rings. The molecule has 8 heteroatoms. The molecule has 88 valence electrons. The van der Waals surface area contributed by atoms with Gasteiger partial charge in [-0.05, 0) is 12.1 Å². The molecule has 0 atom stereocenters. The first-order valence-electron chi connectivity index (χ1n) is 4.36. The van der Waals surface area contributed by atoms with E-state index in [4.69, 9.17) is 28.9 Å². The van der Waals surface area contributed by atoms with Crippen LogP contribution in [-0.2, 0) is 0 Å². The van der Waals surface area contributed by atoms with Crippen molar-refractivity contribution in [1.29, 1.82) is 0 Å². The van der Waals surface area contributed by atoms with E-state index < -0.39 is 11.7 Å². The molecule has 0 bridgehead atoms. The standard InChI is InChI=1S/C9H5Cl2FN4O/c10-3-1-2-4(12)6(11)5(3)7-8(9(13)17)15-16-14-7/h1-2H,(H2,13,17)(H,14,15,16). The van der Waals surface area contributed by atoms with Crippen molar-refractivity contribution < 1.29 is 9.18 Å². The van der Waals surface area contributed by atoms with Crippen LogP contribution < -0.4 is 5.73 Å². The van der Waals surface area contributed by atoms with Crippen LogP contribution in [0.5, 0.6) is 0 Å². The number of hydrogen-bond acceptors (Lipinski definition) is 3. The normalized spacial score (nSPS) is 10.5. The Morgan fingerprint density at radius 2 is 2.06 bits per heavy atom. The van der Waals surface area contributed by atoms with Gasteiger partial charge in [0.2, 0.25) is 0 Å². The topological polar surface area (TPSA) is 84.7 Å². The molecular formula is C9H5Cl2FN4O. The minimum Gasteiger partial charge on any atom is -0.364 e. The summed E-state index contributed by atoms with van der Waals surface area (Å²) in [6.45, 7) is 0. The number of rotatable bonds is 2. The van der Waals surface area contributed by atoms with Crippen molar-refractivity contribution in [3.8, 4) is 11.3 Å². The van der Waals surface area contributed by atoms with E-state index in [2.05, 4.69) is 15.4 Å². The average Bonchev–Trinajstić information content (AvgIpc) is 2.73. The zero-order chi connectivity index (χ0) is 12.6. The zero-order valence-electron chi connectivity index (χ0n) is 8.17. The first-order valence-corrected chi connectivity index (χ1v) is 5.12. The zero-order valence-corrected chi connectivity index (χ0v) is 9.68. The third kappa shape index (κ3) is 1.96. The second kappa shape index (κ2) is 4.31. The number of aromatic amines is 1. The molecule has 2 rings (SSSR count). The summed E-state index contributed by atoms with van der Waals surface area (Å²) in [5.41, 5.74) is 5.04. The van der Waals surface area contributed by atoms with Crippen LogP contribution in [0.15, 0.2) is 12.1 Å². The van der Waals surface area contributed by atoms with Crippen molar-refractivity contribution in [2.75, 3.05) is 0 Å². The Kier molecular flexibility index (Phi) is 2.99. The number of nitrogens with one attached hydrogen (secondary N) is 1. The molecule has 1 aromatic carbocycles.